The van der Waals surface area contributed by atoms with Crippen molar-refractivity contribution in [3.63, 3.8) is 0 Å². The Bertz CT molecular complexity index is 920. The van der Waals surface area contributed by atoms with E-state index in [4.69, 9.17) is 4.42 Å². The first-order valence-electron chi connectivity index (χ1n) is 8.88. The number of furan rings is 1. The molecule has 8 heteroatoms. The van der Waals surface area contributed by atoms with Gasteiger partial charge in [0.2, 0.25) is 10.0 Å². The lowest BCUT2D eigenvalue weighted by molar-refractivity contribution is 0.0696. The number of carboxylic acid groups (broad SMARTS) is 1. The minimum atomic E-state index is -3.86. The van der Waals surface area contributed by atoms with Crippen molar-refractivity contribution in [3.05, 3.63) is 53.0 Å². The summed E-state index contributed by atoms with van der Waals surface area (Å²) in [6.45, 7) is 0.120. The van der Waals surface area contributed by atoms with Crippen molar-refractivity contribution < 1.29 is 22.7 Å². The van der Waals surface area contributed by atoms with E-state index in [0.717, 1.165) is 24.0 Å². The Kier molecular flexibility index (Phi) is 5.69. The average molecular weight is 392 g/mol. The lowest BCUT2D eigenvalue weighted by atomic mass is 9.90. The van der Waals surface area contributed by atoms with Gasteiger partial charge in [0.15, 0.2) is 0 Å². The number of hydrogen-bond donors (Lipinski definition) is 2. The van der Waals surface area contributed by atoms with Crippen molar-refractivity contribution in [2.75, 3.05) is 20.6 Å². The molecular weight excluding hydrogens is 368 g/mol. The highest BCUT2D eigenvalue weighted by atomic mass is 32.2. The summed E-state index contributed by atoms with van der Waals surface area (Å²) in [6.07, 6.45) is 4.72. The molecule has 1 unspecified atom stereocenters. The van der Waals surface area contributed by atoms with Crippen molar-refractivity contribution in [2.24, 2.45) is 0 Å². The van der Waals surface area contributed by atoms with Crippen LogP contribution in [0, 0.1) is 0 Å². The maximum Gasteiger partial charge on any atom is 0.335 e. The molecule has 0 radical (unpaired) electrons. The molecule has 3 rings (SSSR count). The van der Waals surface area contributed by atoms with E-state index in [1.165, 1.54) is 6.07 Å². The lowest BCUT2D eigenvalue weighted by Gasteiger charge is -2.24. The Labute approximate surface area is 159 Å². The topological polar surface area (TPSA) is 99.9 Å². The van der Waals surface area contributed by atoms with Gasteiger partial charge in [0, 0.05) is 6.54 Å². The Balaban J connectivity index is 1.92. The zero-order valence-corrected chi connectivity index (χ0v) is 16.3. The highest BCUT2D eigenvalue weighted by molar-refractivity contribution is 7.89. The molecule has 27 heavy (non-hydrogen) atoms. The molecule has 0 saturated heterocycles. The summed E-state index contributed by atoms with van der Waals surface area (Å²) in [4.78, 5) is 13.4. The highest BCUT2D eigenvalue weighted by Crippen LogP contribution is 2.29. The summed E-state index contributed by atoms with van der Waals surface area (Å²) >= 11 is 0. The number of hydrogen-bond acceptors (Lipinski definition) is 5. The normalized spacial score (nSPS) is 15.5. The van der Waals surface area contributed by atoms with Gasteiger partial charge in [-0.05, 0) is 75.2 Å². The van der Waals surface area contributed by atoms with Gasteiger partial charge in [-0.1, -0.05) is 0 Å². The fraction of sp³-hybridized carbons (Fsp3) is 0.421. The lowest BCUT2D eigenvalue weighted by Crippen LogP contribution is -2.35. The van der Waals surface area contributed by atoms with Gasteiger partial charge in [0.1, 0.15) is 5.76 Å². The van der Waals surface area contributed by atoms with Crippen LogP contribution in [0.15, 0.2) is 39.8 Å². The molecule has 0 spiro atoms. The Morgan fingerprint density at radius 3 is 2.67 bits per heavy atom. The van der Waals surface area contributed by atoms with Gasteiger partial charge in [-0.15, -0.1) is 0 Å². The summed E-state index contributed by atoms with van der Waals surface area (Å²) in [6, 6.07) is 6.15. The Hall–Kier alpha value is -2.16. The van der Waals surface area contributed by atoms with Crippen molar-refractivity contribution >= 4 is 16.0 Å². The van der Waals surface area contributed by atoms with Gasteiger partial charge in [-0.3, -0.25) is 4.90 Å². The molecule has 1 aliphatic rings. The van der Waals surface area contributed by atoms with Gasteiger partial charge in [-0.2, -0.15) is 0 Å². The number of aryl methyl sites for hydroxylation is 1. The predicted octanol–water partition coefficient (Wildman–Crippen LogP) is 2.44. The van der Waals surface area contributed by atoms with E-state index in [0.29, 0.717) is 18.6 Å². The molecule has 0 fully saturated rings. The van der Waals surface area contributed by atoms with Crippen LogP contribution in [0.25, 0.3) is 0 Å². The number of nitrogens with zero attached hydrogens (tertiary/aromatic N) is 1. The zero-order chi connectivity index (χ0) is 19.6. The second-order valence-electron chi connectivity index (χ2n) is 6.97. The average Bonchev–Trinajstić information content (AvgIpc) is 3.14. The van der Waals surface area contributed by atoms with Gasteiger partial charge in [0.25, 0.3) is 0 Å². The van der Waals surface area contributed by atoms with Crippen LogP contribution in [-0.2, 0) is 22.9 Å². The second-order valence-corrected chi connectivity index (χ2v) is 8.71. The van der Waals surface area contributed by atoms with Crippen LogP contribution in [0.1, 0.15) is 46.1 Å². The summed E-state index contributed by atoms with van der Waals surface area (Å²) < 4.78 is 34.1. The molecule has 1 heterocycles. The van der Waals surface area contributed by atoms with E-state index >= 15 is 0 Å². The molecule has 0 saturated carbocycles. The van der Waals surface area contributed by atoms with E-state index in [2.05, 4.69) is 4.72 Å². The van der Waals surface area contributed by atoms with Crippen LogP contribution in [0.4, 0.5) is 0 Å². The van der Waals surface area contributed by atoms with Crippen molar-refractivity contribution in [2.45, 2.75) is 36.6 Å². The number of carbonyl (C=O) groups is 1. The van der Waals surface area contributed by atoms with Crippen molar-refractivity contribution in [1.29, 1.82) is 0 Å². The van der Waals surface area contributed by atoms with Gasteiger partial charge in [-0.25, -0.2) is 17.9 Å². The number of rotatable bonds is 7. The van der Waals surface area contributed by atoms with Crippen molar-refractivity contribution in [3.8, 4) is 0 Å². The maximum absolute atomic E-state index is 13.0. The molecule has 7 nitrogen and oxygen atoms in total. The first kappa shape index (κ1) is 19.6. The molecule has 146 valence electrons. The maximum atomic E-state index is 13.0. The first-order chi connectivity index (χ1) is 12.8. The summed E-state index contributed by atoms with van der Waals surface area (Å²) in [5.74, 6) is -0.467. The number of carboxylic acids is 1. The van der Waals surface area contributed by atoms with Crippen LogP contribution >= 0.6 is 0 Å². The number of sulfonamides is 1. The molecule has 1 aromatic heterocycles. The Morgan fingerprint density at radius 1 is 1.30 bits per heavy atom. The predicted molar refractivity (Wildman–Crippen MR) is 100 cm³/mol. The number of benzene rings is 1. The fourth-order valence-corrected chi connectivity index (χ4v) is 4.85. The molecule has 1 aromatic carbocycles. The molecule has 0 amide bonds. The minimum absolute atomic E-state index is 0.00576. The third-order valence-corrected chi connectivity index (χ3v) is 6.41. The third kappa shape index (κ3) is 4.23. The molecular formula is C19H24N2O5S. The van der Waals surface area contributed by atoms with Crippen LogP contribution in [-0.4, -0.2) is 45.0 Å². The summed E-state index contributed by atoms with van der Waals surface area (Å²) in [5.41, 5.74) is 1.56. The molecule has 1 aliphatic carbocycles. The molecule has 2 N–H and O–H groups in total. The monoisotopic (exact) mass is 392 g/mol. The zero-order valence-electron chi connectivity index (χ0n) is 15.4. The summed E-state index contributed by atoms with van der Waals surface area (Å²) in [5, 5.41) is 9.36. The number of likely N-dealkylation sites (N-methyl/N-ethyl adjacent to an activating group) is 1. The first-order valence-corrected chi connectivity index (χ1v) is 10.4. The van der Waals surface area contributed by atoms with Gasteiger partial charge < -0.3 is 9.52 Å². The van der Waals surface area contributed by atoms with E-state index in [1.54, 1.807) is 24.5 Å². The third-order valence-electron chi connectivity index (χ3n) is 4.92. The molecule has 0 bridgehead atoms. The highest BCUT2D eigenvalue weighted by Gasteiger charge is 2.27. The van der Waals surface area contributed by atoms with E-state index in [-0.39, 0.29) is 23.0 Å². The molecule has 0 aliphatic heterocycles. The van der Waals surface area contributed by atoms with Crippen LogP contribution in [0.3, 0.4) is 0 Å². The Morgan fingerprint density at radius 2 is 2.04 bits per heavy atom. The second kappa shape index (κ2) is 7.84. The standard InChI is InChI=1S/C19H24N2O5S/c1-21(2)16(17-8-5-9-26-17)12-20-27(24,25)18-11-14(19(22)23)10-13-6-3-4-7-15(13)18/h5,8-11,16,20H,3-4,6-7,12H2,1-2H3,(H,22,23). The SMILES string of the molecule is CN(C)C(CNS(=O)(=O)c1cc(C(=O)O)cc2c1CCCC2)c1ccco1. The smallest absolute Gasteiger partial charge is 0.335 e. The van der Waals surface area contributed by atoms with Gasteiger partial charge in [0.05, 0.1) is 22.8 Å². The van der Waals surface area contributed by atoms with Crippen molar-refractivity contribution in [1.82, 2.24) is 9.62 Å². The van der Waals surface area contributed by atoms with E-state index in [1.807, 2.05) is 19.0 Å². The quantitative estimate of drug-likeness (QED) is 0.751. The van der Waals surface area contributed by atoms with Crippen LogP contribution < -0.4 is 4.72 Å². The van der Waals surface area contributed by atoms with Gasteiger partial charge >= 0.3 is 5.97 Å². The number of aromatic carboxylic acids is 1. The van der Waals surface area contributed by atoms with Crippen LogP contribution in [0.5, 0.6) is 0 Å². The number of nitrogens with one attached hydrogen (secondary N) is 1. The fourth-order valence-electron chi connectivity index (χ4n) is 3.48. The van der Waals surface area contributed by atoms with E-state index < -0.39 is 16.0 Å². The number of fused-ring (bicyclic) bond motifs is 1. The minimum Gasteiger partial charge on any atom is -0.478 e. The van der Waals surface area contributed by atoms with E-state index in [9.17, 15) is 18.3 Å². The molecule has 1 atom stereocenters. The molecule has 2 aromatic rings. The summed E-state index contributed by atoms with van der Waals surface area (Å²) in [7, 11) is -0.176. The van der Waals surface area contributed by atoms with Crippen LogP contribution in [0.2, 0.25) is 0 Å². The largest absolute Gasteiger partial charge is 0.478 e.